The second-order valence-electron chi connectivity index (χ2n) is 3.58. The van der Waals surface area contributed by atoms with Crippen LogP contribution in [0.4, 0.5) is 5.69 Å². The van der Waals surface area contributed by atoms with Gasteiger partial charge in [0.05, 0.1) is 0 Å². The lowest BCUT2D eigenvalue weighted by Crippen LogP contribution is -2.14. The Kier molecular flexibility index (Phi) is 4.17. The van der Waals surface area contributed by atoms with Crippen molar-refractivity contribution in [2.45, 2.75) is 32.7 Å². The van der Waals surface area contributed by atoms with E-state index in [2.05, 4.69) is 19.2 Å². The highest BCUT2D eigenvalue weighted by Gasteiger charge is 2.00. The Hall–Kier alpha value is -1.31. The number of nitrogens with one attached hydrogen (secondary N) is 1. The third-order valence-corrected chi connectivity index (χ3v) is 2.16. The maximum absolute atomic E-state index is 10.5. The first kappa shape index (κ1) is 10.8. The van der Waals surface area contributed by atoms with E-state index in [0.29, 0.717) is 6.04 Å². The molecule has 1 unspecified atom stereocenters. The summed E-state index contributed by atoms with van der Waals surface area (Å²) in [6, 6.07) is 8.02. The number of carbonyl (C=O) groups is 1. The van der Waals surface area contributed by atoms with Crippen molar-refractivity contribution in [1.82, 2.24) is 0 Å². The molecule has 0 fully saturated rings. The number of benzene rings is 1. The van der Waals surface area contributed by atoms with Crippen molar-refractivity contribution in [3.8, 4) is 0 Å². The van der Waals surface area contributed by atoms with Gasteiger partial charge in [0.1, 0.15) is 6.29 Å². The standard InChI is InChI=1S/C12H17NO/c1-3-5-10(2)13-12-7-4-6-11(8-12)9-14/h4,6-10,13H,3,5H2,1-2H3. The van der Waals surface area contributed by atoms with Gasteiger partial charge in [0, 0.05) is 17.3 Å². The second kappa shape index (κ2) is 5.43. The molecule has 0 amide bonds. The molecule has 1 atom stereocenters. The lowest BCUT2D eigenvalue weighted by Gasteiger charge is -2.14. The molecule has 0 saturated carbocycles. The van der Waals surface area contributed by atoms with Crippen molar-refractivity contribution in [2.75, 3.05) is 5.32 Å². The predicted octanol–water partition coefficient (Wildman–Crippen LogP) is 3.10. The maximum atomic E-state index is 10.5. The van der Waals surface area contributed by atoms with Gasteiger partial charge in [-0.2, -0.15) is 0 Å². The zero-order valence-corrected chi connectivity index (χ0v) is 8.79. The highest BCUT2D eigenvalue weighted by molar-refractivity contribution is 5.76. The average Bonchev–Trinajstić information content (AvgIpc) is 2.18. The molecular weight excluding hydrogens is 174 g/mol. The van der Waals surface area contributed by atoms with Gasteiger partial charge in [0.2, 0.25) is 0 Å². The molecule has 1 N–H and O–H groups in total. The Balaban J connectivity index is 2.61. The van der Waals surface area contributed by atoms with Crippen LogP contribution in [0.2, 0.25) is 0 Å². The number of aldehydes is 1. The van der Waals surface area contributed by atoms with Gasteiger partial charge in [-0.05, 0) is 25.5 Å². The molecule has 0 heterocycles. The summed E-state index contributed by atoms with van der Waals surface area (Å²) in [5, 5.41) is 3.36. The van der Waals surface area contributed by atoms with Crippen LogP contribution in [0.5, 0.6) is 0 Å². The van der Waals surface area contributed by atoms with Gasteiger partial charge in [-0.1, -0.05) is 25.5 Å². The van der Waals surface area contributed by atoms with Crippen LogP contribution in [0, 0.1) is 0 Å². The maximum Gasteiger partial charge on any atom is 0.150 e. The fourth-order valence-electron chi connectivity index (χ4n) is 1.49. The zero-order valence-electron chi connectivity index (χ0n) is 8.79. The molecule has 0 radical (unpaired) electrons. The Morgan fingerprint density at radius 1 is 1.50 bits per heavy atom. The number of anilines is 1. The summed E-state index contributed by atoms with van der Waals surface area (Å²) in [7, 11) is 0. The lowest BCUT2D eigenvalue weighted by molar-refractivity contribution is 0.112. The summed E-state index contributed by atoms with van der Waals surface area (Å²) in [5.74, 6) is 0. The molecule has 1 aromatic carbocycles. The second-order valence-corrected chi connectivity index (χ2v) is 3.58. The van der Waals surface area contributed by atoms with Gasteiger partial charge in [-0.15, -0.1) is 0 Å². The van der Waals surface area contributed by atoms with Crippen LogP contribution in [0.3, 0.4) is 0 Å². The van der Waals surface area contributed by atoms with E-state index in [9.17, 15) is 4.79 Å². The van der Waals surface area contributed by atoms with Crippen molar-refractivity contribution < 1.29 is 4.79 Å². The fraction of sp³-hybridized carbons (Fsp3) is 0.417. The summed E-state index contributed by atoms with van der Waals surface area (Å²) in [4.78, 5) is 10.5. The molecule has 2 nitrogen and oxygen atoms in total. The summed E-state index contributed by atoms with van der Waals surface area (Å²) in [6.45, 7) is 4.32. The Labute approximate surface area is 85.3 Å². The summed E-state index contributed by atoms with van der Waals surface area (Å²) >= 11 is 0. The molecule has 1 rings (SSSR count). The van der Waals surface area contributed by atoms with E-state index in [1.54, 1.807) is 0 Å². The summed E-state index contributed by atoms with van der Waals surface area (Å²) < 4.78 is 0. The van der Waals surface area contributed by atoms with Crippen LogP contribution < -0.4 is 5.32 Å². The van der Waals surface area contributed by atoms with Gasteiger partial charge in [-0.25, -0.2) is 0 Å². The molecule has 0 aliphatic carbocycles. The van der Waals surface area contributed by atoms with Crippen molar-refractivity contribution >= 4 is 12.0 Å². The first-order chi connectivity index (χ1) is 6.76. The minimum Gasteiger partial charge on any atom is -0.383 e. The van der Waals surface area contributed by atoms with E-state index in [1.165, 1.54) is 6.42 Å². The molecule has 0 aromatic heterocycles. The first-order valence-corrected chi connectivity index (χ1v) is 5.08. The van der Waals surface area contributed by atoms with Crippen LogP contribution in [0.25, 0.3) is 0 Å². The van der Waals surface area contributed by atoms with E-state index < -0.39 is 0 Å². The number of carbonyl (C=O) groups excluding carboxylic acids is 1. The van der Waals surface area contributed by atoms with Gasteiger partial charge < -0.3 is 5.32 Å². The molecule has 0 saturated heterocycles. The van der Waals surface area contributed by atoms with E-state index in [-0.39, 0.29) is 0 Å². The first-order valence-electron chi connectivity index (χ1n) is 5.08. The van der Waals surface area contributed by atoms with Crippen LogP contribution >= 0.6 is 0 Å². The summed E-state index contributed by atoms with van der Waals surface area (Å²) in [6.07, 6.45) is 3.18. The van der Waals surface area contributed by atoms with Crippen LogP contribution in [-0.4, -0.2) is 12.3 Å². The molecule has 0 aliphatic rings. The lowest BCUT2D eigenvalue weighted by atomic mass is 10.1. The predicted molar refractivity (Wildman–Crippen MR) is 59.8 cm³/mol. The monoisotopic (exact) mass is 191 g/mol. The Morgan fingerprint density at radius 2 is 2.29 bits per heavy atom. The number of hydrogen-bond donors (Lipinski definition) is 1. The van der Waals surface area contributed by atoms with E-state index in [1.807, 2.05) is 24.3 Å². The third kappa shape index (κ3) is 3.21. The van der Waals surface area contributed by atoms with E-state index in [0.717, 1.165) is 24.0 Å². The quantitative estimate of drug-likeness (QED) is 0.724. The molecular formula is C12H17NO. The molecule has 0 spiro atoms. The van der Waals surface area contributed by atoms with E-state index >= 15 is 0 Å². The fourth-order valence-corrected chi connectivity index (χ4v) is 1.49. The highest BCUT2D eigenvalue weighted by Crippen LogP contribution is 2.12. The molecule has 1 aromatic rings. The Morgan fingerprint density at radius 3 is 2.93 bits per heavy atom. The van der Waals surface area contributed by atoms with Crippen LogP contribution in [-0.2, 0) is 0 Å². The number of hydrogen-bond acceptors (Lipinski definition) is 2. The van der Waals surface area contributed by atoms with Gasteiger partial charge in [0.15, 0.2) is 0 Å². The molecule has 14 heavy (non-hydrogen) atoms. The third-order valence-electron chi connectivity index (χ3n) is 2.16. The van der Waals surface area contributed by atoms with Crippen molar-refractivity contribution in [3.63, 3.8) is 0 Å². The topological polar surface area (TPSA) is 29.1 Å². The molecule has 2 heteroatoms. The van der Waals surface area contributed by atoms with Crippen LogP contribution in [0.1, 0.15) is 37.0 Å². The molecule has 0 bridgehead atoms. The van der Waals surface area contributed by atoms with Crippen LogP contribution in [0.15, 0.2) is 24.3 Å². The molecule has 76 valence electrons. The van der Waals surface area contributed by atoms with Gasteiger partial charge in [-0.3, -0.25) is 4.79 Å². The number of rotatable bonds is 5. The normalized spacial score (nSPS) is 12.1. The largest absolute Gasteiger partial charge is 0.383 e. The smallest absolute Gasteiger partial charge is 0.150 e. The van der Waals surface area contributed by atoms with Gasteiger partial charge in [0.25, 0.3) is 0 Å². The zero-order chi connectivity index (χ0) is 10.4. The van der Waals surface area contributed by atoms with Gasteiger partial charge >= 0.3 is 0 Å². The SMILES string of the molecule is CCCC(C)Nc1cccc(C=O)c1. The minimum absolute atomic E-state index is 0.460. The van der Waals surface area contributed by atoms with Crippen molar-refractivity contribution in [3.05, 3.63) is 29.8 Å². The minimum atomic E-state index is 0.460. The summed E-state index contributed by atoms with van der Waals surface area (Å²) in [5.41, 5.74) is 1.74. The average molecular weight is 191 g/mol. The Bertz CT molecular complexity index is 296. The van der Waals surface area contributed by atoms with Crippen molar-refractivity contribution in [1.29, 1.82) is 0 Å². The van der Waals surface area contributed by atoms with Crippen molar-refractivity contribution in [2.24, 2.45) is 0 Å². The highest BCUT2D eigenvalue weighted by atomic mass is 16.1. The molecule has 0 aliphatic heterocycles. The van der Waals surface area contributed by atoms with E-state index in [4.69, 9.17) is 0 Å².